The largest absolute Gasteiger partial charge is 0.376 e. The van der Waals surface area contributed by atoms with Crippen LogP contribution in [-0.4, -0.2) is 22.5 Å². The Labute approximate surface area is 124 Å². The Morgan fingerprint density at radius 3 is 2.14 bits per heavy atom. The van der Waals surface area contributed by atoms with Gasteiger partial charge in [-0.2, -0.15) is 5.11 Å². The van der Waals surface area contributed by atoms with Gasteiger partial charge in [-0.05, 0) is 36.4 Å². The van der Waals surface area contributed by atoms with Gasteiger partial charge in [-0.1, -0.05) is 12.1 Å². The molecule has 0 fully saturated rings. The molecule has 110 valence electrons. The van der Waals surface area contributed by atoms with E-state index in [1.807, 2.05) is 43.3 Å². The van der Waals surface area contributed by atoms with Gasteiger partial charge >= 0.3 is 0 Å². The summed E-state index contributed by atoms with van der Waals surface area (Å²) in [4.78, 5) is 1.99. The molecule has 0 saturated carbocycles. The van der Waals surface area contributed by atoms with Crippen molar-refractivity contribution in [2.24, 2.45) is 15.4 Å². The van der Waals surface area contributed by atoms with Crippen LogP contribution in [0.1, 0.15) is 0 Å². The van der Waals surface area contributed by atoms with Crippen LogP contribution in [0.2, 0.25) is 0 Å². The highest BCUT2D eigenvalue weighted by Crippen LogP contribution is 2.28. The van der Waals surface area contributed by atoms with E-state index in [1.54, 1.807) is 12.1 Å². The first-order valence-corrected chi connectivity index (χ1v) is 7.73. The number of nitrogens with zero attached hydrogens (tertiary/aromatic N) is 3. The van der Waals surface area contributed by atoms with Crippen LogP contribution in [-0.2, 0) is 10.0 Å². The SMILES string of the molecule is CN(C)c1ccccc1/N=N/c1ccc(S(N)(=O)=O)cc1. The van der Waals surface area contributed by atoms with Crippen molar-refractivity contribution < 1.29 is 8.42 Å². The van der Waals surface area contributed by atoms with Crippen LogP contribution in [0, 0.1) is 0 Å². The van der Waals surface area contributed by atoms with E-state index in [4.69, 9.17) is 5.14 Å². The van der Waals surface area contributed by atoms with E-state index in [-0.39, 0.29) is 4.90 Å². The third kappa shape index (κ3) is 3.87. The van der Waals surface area contributed by atoms with E-state index < -0.39 is 10.0 Å². The molecule has 0 aliphatic rings. The van der Waals surface area contributed by atoms with Gasteiger partial charge in [-0.3, -0.25) is 0 Å². The molecule has 6 nitrogen and oxygen atoms in total. The Bertz CT molecular complexity index is 753. The van der Waals surface area contributed by atoms with Crippen LogP contribution in [0.15, 0.2) is 63.7 Å². The minimum Gasteiger partial charge on any atom is -0.376 e. The van der Waals surface area contributed by atoms with Crippen LogP contribution in [0.3, 0.4) is 0 Å². The third-order valence-corrected chi connectivity index (χ3v) is 3.73. The van der Waals surface area contributed by atoms with Crippen LogP contribution in [0.25, 0.3) is 0 Å². The van der Waals surface area contributed by atoms with Gasteiger partial charge in [0.15, 0.2) is 0 Å². The summed E-state index contributed by atoms with van der Waals surface area (Å²) in [5, 5.41) is 13.3. The maximum Gasteiger partial charge on any atom is 0.238 e. The molecule has 2 aromatic rings. The summed E-state index contributed by atoms with van der Waals surface area (Å²) in [6.45, 7) is 0. The number of sulfonamides is 1. The van der Waals surface area contributed by atoms with Crippen LogP contribution < -0.4 is 10.0 Å². The zero-order chi connectivity index (χ0) is 15.5. The first-order chi connectivity index (χ1) is 9.88. The predicted octanol–water partition coefficient (Wildman–Crippen LogP) is 2.82. The lowest BCUT2D eigenvalue weighted by Crippen LogP contribution is -2.11. The monoisotopic (exact) mass is 304 g/mol. The fourth-order valence-electron chi connectivity index (χ4n) is 1.74. The van der Waals surface area contributed by atoms with Gasteiger partial charge in [0.1, 0.15) is 5.69 Å². The molecule has 21 heavy (non-hydrogen) atoms. The molecule has 0 unspecified atom stereocenters. The Morgan fingerprint density at radius 1 is 0.952 bits per heavy atom. The lowest BCUT2D eigenvalue weighted by atomic mass is 10.2. The van der Waals surface area contributed by atoms with E-state index in [0.717, 1.165) is 11.4 Å². The molecule has 0 bridgehead atoms. The van der Waals surface area contributed by atoms with E-state index in [0.29, 0.717) is 5.69 Å². The highest BCUT2D eigenvalue weighted by Gasteiger charge is 2.06. The summed E-state index contributed by atoms with van der Waals surface area (Å²) in [7, 11) is 0.168. The molecule has 0 aliphatic heterocycles. The van der Waals surface area contributed by atoms with E-state index in [2.05, 4.69) is 10.2 Å². The van der Waals surface area contributed by atoms with Crippen LogP contribution >= 0.6 is 0 Å². The molecule has 7 heteroatoms. The summed E-state index contributed by atoms with van der Waals surface area (Å²) < 4.78 is 22.3. The number of azo groups is 1. The number of para-hydroxylation sites is 1. The van der Waals surface area contributed by atoms with Crippen molar-refractivity contribution in [3.63, 3.8) is 0 Å². The molecule has 0 saturated heterocycles. The van der Waals surface area contributed by atoms with Gasteiger partial charge in [0.05, 0.1) is 16.3 Å². The molecule has 0 radical (unpaired) electrons. The van der Waals surface area contributed by atoms with Crippen molar-refractivity contribution in [3.8, 4) is 0 Å². The molecule has 0 amide bonds. The highest BCUT2D eigenvalue weighted by molar-refractivity contribution is 7.89. The summed E-state index contributed by atoms with van der Waals surface area (Å²) in [6.07, 6.45) is 0. The molecule has 2 rings (SSSR count). The second kappa shape index (κ2) is 6.02. The number of anilines is 1. The van der Waals surface area contributed by atoms with Crippen molar-refractivity contribution in [2.75, 3.05) is 19.0 Å². The van der Waals surface area contributed by atoms with Crippen molar-refractivity contribution in [1.29, 1.82) is 0 Å². The molecule has 0 heterocycles. The van der Waals surface area contributed by atoms with Gasteiger partial charge in [-0.15, -0.1) is 5.11 Å². The van der Waals surface area contributed by atoms with Crippen LogP contribution in [0.4, 0.5) is 17.1 Å². The van der Waals surface area contributed by atoms with Gasteiger partial charge in [0.2, 0.25) is 10.0 Å². The van der Waals surface area contributed by atoms with Gasteiger partial charge in [-0.25, -0.2) is 13.6 Å². The average molecular weight is 304 g/mol. The topological polar surface area (TPSA) is 88.1 Å². The number of rotatable bonds is 4. The number of hydrogen-bond acceptors (Lipinski definition) is 5. The van der Waals surface area contributed by atoms with Gasteiger partial charge in [0, 0.05) is 14.1 Å². The summed E-state index contributed by atoms with van der Waals surface area (Å²) in [5.74, 6) is 0. The Kier molecular flexibility index (Phi) is 4.35. The molecule has 0 aromatic heterocycles. The standard InChI is InChI=1S/C14H16N4O2S/c1-18(2)14-6-4-3-5-13(14)17-16-11-7-9-12(10-8-11)21(15,19)20/h3-10H,1-2H3,(H2,15,19,20)/b17-16+. The molecule has 0 aliphatic carbocycles. The Morgan fingerprint density at radius 2 is 1.57 bits per heavy atom. The van der Waals surface area contributed by atoms with Crippen LogP contribution in [0.5, 0.6) is 0 Å². The molecule has 2 N–H and O–H groups in total. The quantitative estimate of drug-likeness (QED) is 0.881. The van der Waals surface area contributed by atoms with Crippen molar-refractivity contribution >= 4 is 27.1 Å². The Hall–Kier alpha value is -2.25. The minimum atomic E-state index is -3.68. The third-order valence-electron chi connectivity index (χ3n) is 2.80. The van der Waals surface area contributed by atoms with Crippen molar-refractivity contribution in [2.45, 2.75) is 4.90 Å². The fourth-order valence-corrected chi connectivity index (χ4v) is 2.26. The van der Waals surface area contributed by atoms with E-state index in [9.17, 15) is 8.42 Å². The molecule has 2 aromatic carbocycles. The predicted molar refractivity (Wildman–Crippen MR) is 82.8 cm³/mol. The fraction of sp³-hybridized carbons (Fsp3) is 0.143. The summed E-state index contributed by atoms with van der Waals surface area (Å²) >= 11 is 0. The minimum absolute atomic E-state index is 0.0511. The number of primary sulfonamides is 1. The van der Waals surface area contributed by atoms with E-state index in [1.165, 1.54) is 12.1 Å². The zero-order valence-electron chi connectivity index (χ0n) is 11.8. The number of hydrogen-bond donors (Lipinski definition) is 1. The lowest BCUT2D eigenvalue weighted by Gasteiger charge is -2.13. The lowest BCUT2D eigenvalue weighted by molar-refractivity contribution is 0.598. The van der Waals surface area contributed by atoms with Gasteiger partial charge in [0.25, 0.3) is 0 Å². The Balaban J connectivity index is 2.26. The second-order valence-corrected chi connectivity index (χ2v) is 6.18. The number of benzene rings is 2. The average Bonchev–Trinajstić information content (AvgIpc) is 2.45. The summed E-state index contributed by atoms with van der Waals surface area (Å²) in [6, 6.07) is 13.5. The highest BCUT2D eigenvalue weighted by atomic mass is 32.2. The molecule has 0 spiro atoms. The van der Waals surface area contributed by atoms with E-state index >= 15 is 0 Å². The maximum atomic E-state index is 11.2. The molecule has 0 atom stereocenters. The molecular formula is C14H16N4O2S. The normalized spacial score (nSPS) is 11.8. The zero-order valence-corrected chi connectivity index (χ0v) is 12.6. The first-order valence-electron chi connectivity index (χ1n) is 6.19. The van der Waals surface area contributed by atoms with Gasteiger partial charge < -0.3 is 4.90 Å². The van der Waals surface area contributed by atoms with Crippen molar-refractivity contribution in [1.82, 2.24) is 0 Å². The first kappa shape index (κ1) is 15.1. The summed E-state index contributed by atoms with van der Waals surface area (Å²) in [5.41, 5.74) is 2.23. The number of nitrogens with two attached hydrogens (primary N) is 1. The smallest absolute Gasteiger partial charge is 0.238 e. The molecular weight excluding hydrogens is 288 g/mol. The second-order valence-electron chi connectivity index (χ2n) is 4.62. The van der Waals surface area contributed by atoms with Crippen molar-refractivity contribution in [3.05, 3.63) is 48.5 Å². The maximum absolute atomic E-state index is 11.2.